The fourth-order valence-electron chi connectivity index (χ4n) is 2.67. The Morgan fingerprint density at radius 3 is 2.75 bits per heavy atom. The van der Waals surface area contributed by atoms with Gasteiger partial charge in [-0.05, 0) is 35.9 Å². The van der Waals surface area contributed by atoms with Crippen molar-refractivity contribution >= 4 is 28.9 Å². The Kier molecular flexibility index (Phi) is 4.91. The first-order chi connectivity index (χ1) is 13.7. The molecule has 28 heavy (non-hydrogen) atoms. The van der Waals surface area contributed by atoms with Crippen LogP contribution in [0.5, 0.6) is 0 Å². The van der Waals surface area contributed by atoms with Crippen molar-refractivity contribution < 1.29 is 0 Å². The number of halogens is 1. The second-order valence-electron chi connectivity index (χ2n) is 5.93. The third-order valence-electron chi connectivity index (χ3n) is 4.05. The molecule has 4 aromatic rings. The highest BCUT2D eigenvalue weighted by Gasteiger charge is 2.13. The third-order valence-corrected chi connectivity index (χ3v) is 4.29. The summed E-state index contributed by atoms with van der Waals surface area (Å²) in [6.45, 7) is 0.522. The lowest BCUT2D eigenvalue weighted by atomic mass is 10.2. The number of hydrogen-bond acceptors (Lipinski definition) is 6. The molecule has 0 aliphatic rings. The van der Waals surface area contributed by atoms with Crippen molar-refractivity contribution in [1.29, 1.82) is 5.26 Å². The van der Waals surface area contributed by atoms with Crippen LogP contribution in [-0.2, 0) is 6.54 Å². The van der Waals surface area contributed by atoms with Crippen LogP contribution in [0.1, 0.15) is 11.1 Å². The highest BCUT2D eigenvalue weighted by Crippen LogP contribution is 2.25. The SMILES string of the molecule is N#Cc1c(NCc2ccc(-n3cncn3)cc2)n[nH]c1Nc1cccc(Cl)c1. The van der Waals surface area contributed by atoms with Crippen molar-refractivity contribution in [2.24, 2.45) is 0 Å². The van der Waals surface area contributed by atoms with Gasteiger partial charge in [-0.1, -0.05) is 29.8 Å². The predicted octanol–water partition coefficient (Wildman–Crippen LogP) is 3.87. The van der Waals surface area contributed by atoms with Crippen LogP contribution in [0, 0.1) is 11.3 Å². The Bertz CT molecular complexity index is 1110. The topological polar surface area (TPSA) is 107 Å². The van der Waals surface area contributed by atoms with Crippen LogP contribution in [-0.4, -0.2) is 25.0 Å². The van der Waals surface area contributed by atoms with Crippen LogP contribution < -0.4 is 10.6 Å². The van der Waals surface area contributed by atoms with E-state index in [-0.39, 0.29) is 0 Å². The highest BCUT2D eigenvalue weighted by molar-refractivity contribution is 6.30. The van der Waals surface area contributed by atoms with Gasteiger partial charge in [0.25, 0.3) is 0 Å². The highest BCUT2D eigenvalue weighted by atomic mass is 35.5. The summed E-state index contributed by atoms with van der Waals surface area (Å²) in [7, 11) is 0. The lowest BCUT2D eigenvalue weighted by Crippen LogP contribution is -2.02. The van der Waals surface area contributed by atoms with Crippen molar-refractivity contribution in [3.63, 3.8) is 0 Å². The van der Waals surface area contributed by atoms with Crippen LogP contribution in [0.25, 0.3) is 5.69 Å². The van der Waals surface area contributed by atoms with E-state index in [9.17, 15) is 5.26 Å². The summed E-state index contributed by atoms with van der Waals surface area (Å²) in [6.07, 6.45) is 3.14. The molecule has 0 aliphatic carbocycles. The summed E-state index contributed by atoms with van der Waals surface area (Å²) in [5.41, 5.74) is 3.13. The zero-order chi connectivity index (χ0) is 19.3. The largest absolute Gasteiger partial charge is 0.363 e. The van der Waals surface area contributed by atoms with Crippen molar-refractivity contribution in [1.82, 2.24) is 25.0 Å². The average Bonchev–Trinajstić information content (AvgIpc) is 3.37. The number of hydrogen-bond donors (Lipinski definition) is 3. The number of nitrogens with zero attached hydrogens (tertiary/aromatic N) is 5. The number of aromatic nitrogens is 5. The fourth-order valence-corrected chi connectivity index (χ4v) is 2.86. The van der Waals surface area contributed by atoms with Crippen LogP contribution in [0.2, 0.25) is 5.02 Å². The molecule has 4 rings (SSSR count). The average molecular weight is 391 g/mol. The second kappa shape index (κ2) is 7.82. The van der Waals surface area contributed by atoms with E-state index < -0.39 is 0 Å². The Labute approximate surface area is 165 Å². The number of anilines is 3. The number of nitriles is 1. The summed E-state index contributed by atoms with van der Waals surface area (Å²) in [6, 6.07) is 17.3. The van der Waals surface area contributed by atoms with Gasteiger partial charge in [0, 0.05) is 17.3 Å². The molecule has 138 valence electrons. The summed E-state index contributed by atoms with van der Waals surface area (Å²) >= 11 is 6.00. The predicted molar refractivity (Wildman–Crippen MR) is 107 cm³/mol. The molecule has 0 spiro atoms. The fraction of sp³-hybridized carbons (Fsp3) is 0.0526. The first kappa shape index (κ1) is 17.6. The number of H-pyrrole nitrogens is 1. The lowest BCUT2D eigenvalue weighted by Gasteiger charge is -2.06. The van der Waals surface area contributed by atoms with E-state index in [1.54, 1.807) is 23.1 Å². The van der Waals surface area contributed by atoms with Gasteiger partial charge >= 0.3 is 0 Å². The monoisotopic (exact) mass is 390 g/mol. The standard InChI is InChI=1S/C19H15ClN8/c20-14-2-1-3-15(8-14)25-19-17(9-21)18(26-27-19)23-10-13-4-6-16(7-5-13)28-12-22-11-24-28/h1-8,11-12H,10H2,(H3,23,25,26,27). The van der Waals surface area contributed by atoms with Crippen molar-refractivity contribution in [3.05, 3.63) is 77.3 Å². The first-order valence-electron chi connectivity index (χ1n) is 8.42. The van der Waals surface area contributed by atoms with Crippen LogP contribution >= 0.6 is 11.6 Å². The molecule has 0 amide bonds. The van der Waals surface area contributed by atoms with Gasteiger partial charge in [0.1, 0.15) is 30.1 Å². The summed E-state index contributed by atoms with van der Waals surface area (Å²) in [4.78, 5) is 3.94. The number of benzene rings is 2. The summed E-state index contributed by atoms with van der Waals surface area (Å²) in [5.74, 6) is 0.987. The number of rotatable bonds is 6. The maximum Gasteiger partial charge on any atom is 0.168 e. The molecule has 0 atom stereocenters. The third kappa shape index (κ3) is 3.79. The molecule has 0 fully saturated rings. The second-order valence-corrected chi connectivity index (χ2v) is 6.37. The Hall–Kier alpha value is -3.83. The molecular weight excluding hydrogens is 376 g/mol. The van der Waals surface area contributed by atoms with Gasteiger partial charge < -0.3 is 10.6 Å². The molecule has 2 heterocycles. The van der Waals surface area contributed by atoms with Gasteiger partial charge in [-0.15, -0.1) is 0 Å². The van der Waals surface area contributed by atoms with Crippen molar-refractivity contribution in [2.75, 3.05) is 10.6 Å². The van der Waals surface area contributed by atoms with Gasteiger partial charge in [-0.3, -0.25) is 5.10 Å². The Morgan fingerprint density at radius 2 is 2.04 bits per heavy atom. The van der Waals surface area contributed by atoms with E-state index in [0.717, 1.165) is 16.9 Å². The number of nitrogens with one attached hydrogen (secondary N) is 3. The molecule has 0 saturated carbocycles. The van der Waals surface area contributed by atoms with Gasteiger partial charge in [0.2, 0.25) is 0 Å². The quantitative estimate of drug-likeness (QED) is 0.461. The van der Waals surface area contributed by atoms with E-state index in [4.69, 9.17) is 11.6 Å². The normalized spacial score (nSPS) is 10.4. The van der Waals surface area contributed by atoms with E-state index in [1.165, 1.54) is 6.33 Å². The van der Waals surface area contributed by atoms with Crippen molar-refractivity contribution in [3.8, 4) is 11.8 Å². The van der Waals surface area contributed by atoms with Gasteiger partial charge in [-0.2, -0.15) is 15.5 Å². The summed E-state index contributed by atoms with van der Waals surface area (Å²) < 4.78 is 1.69. The van der Waals surface area contributed by atoms with Crippen LogP contribution in [0.15, 0.2) is 61.2 Å². The molecule has 0 aliphatic heterocycles. The minimum absolute atomic E-state index is 0.402. The Balaban J connectivity index is 1.45. The van der Waals surface area contributed by atoms with Gasteiger partial charge in [0.15, 0.2) is 5.82 Å². The lowest BCUT2D eigenvalue weighted by molar-refractivity contribution is 0.877. The molecule has 0 saturated heterocycles. The molecule has 8 nitrogen and oxygen atoms in total. The van der Waals surface area contributed by atoms with Gasteiger partial charge in [-0.25, -0.2) is 9.67 Å². The van der Waals surface area contributed by atoms with Crippen LogP contribution in [0.4, 0.5) is 17.3 Å². The molecule has 0 bridgehead atoms. The summed E-state index contributed by atoms with van der Waals surface area (Å²) in [5, 5.41) is 27.6. The molecular formula is C19H15ClN8. The smallest absolute Gasteiger partial charge is 0.168 e. The van der Waals surface area contributed by atoms with Crippen LogP contribution in [0.3, 0.4) is 0 Å². The molecule has 2 aromatic heterocycles. The first-order valence-corrected chi connectivity index (χ1v) is 8.79. The molecule has 3 N–H and O–H groups in total. The maximum atomic E-state index is 9.53. The van der Waals surface area contributed by atoms with E-state index in [1.807, 2.05) is 36.4 Å². The molecule has 2 aromatic carbocycles. The van der Waals surface area contributed by atoms with E-state index in [2.05, 4.69) is 37.0 Å². The molecule has 0 radical (unpaired) electrons. The number of aromatic amines is 1. The van der Waals surface area contributed by atoms with E-state index in [0.29, 0.717) is 28.8 Å². The zero-order valence-electron chi connectivity index (χ0n) is 14.6. The molecule has 9 heteroatoms. The maximum absolute atomic E-state index is 9.53. The molecule has 0 unspecified atom stereocenters. The minimum atomic E-state index is 0.402. The van der Waals surface area contributed by atoms with E-state index >= 15 is 0 Å². The van der Waals surface area contributed by atoms with Crippen molar-refractivity contribution in [2.45, 2.75) is 6.54 Å². The van der Waals surface area contributed by atoms with Gasteiger partial charge in [0.05, 0.1) is 5.69 Å². The minimum Gasteiger partial charge on any atom is -0.363 e. The Morgan fingerprint density at radius 1 is 1.18 bits per heavy atom. The zero-order valence-corrected chi connectivity index (χ0v) is 15.4.